The Morgan fingerprint density at radius 3 is 2.35 bits per heavy atom. The molecule has 34 heavy (non-hydrogen) atoms. The summed E-state index contributed by atoms with van der Waals surface area (Å²) in [5.74, 6) is -1.59. The van der Waals surface area contributed by atoms with Crippen LogP contribution in [0.5, 0.6) is 0 Å². The zero-order valence-electron chi connectivity index (χ0n) is 18.8. The molecule has 0 radical (unpaired) electrons. The minimum Gasteiger partial charge on any atom is -0.481 e. The molecular formula is C26H28N2O6. The quantitative estimate of drug-likeness (QED) is 0.491. The molecule has 4 rings (SSSR count). The third-order valence-corrected chi connectivity index (χ3v) is 6.15. The number of rotatable bonds is 9. The Morgan fingerprint density at radius 1 is 1.06 bits per heavy atom. The minimum absolute atomic E-state index is 0.0342. The van der Waals surface area contributed by atoms with Crippen LogP contribution < -0.4 is 10.6 Å². The van der Waals surface area contributed by atoms with Crippen molar-refractivity contribution in [1.82, 2.24) is 10.6 Å². The molecule has 0 spiro atoms. The van der Waals surface area contributed by atoms with Gasteiger partial charge in [-0.15, -0.1) is 0 Å². The molecule has 1 aliphatic carbocycles. The van der Waals surface area contributed by atoms with Crippen molar-refractivity contribution >= 4 is 18.0 Å². The number of amides is 2. The predicted octanol–water partition coefficient (Wildman–Crippen LogP) is 3.22. The van der Waals surface area contributed by atoms with Crippen molar-refractivity contribution in [1.29, 1.82) is 0 Å². The summed E-state index contributed by atoms with van der Waals surface area (Å²) < 4.78 is 10.8. The van der Waals surface area contributed by atoms with Crippen LogP contribution in [0.25, 0.3) is 11.1 Å². The lowest BCUT2D eigenvalue weighted by Crippen LogP contribution is -2.47. The summed E-state index contributed by atoms with van der Waals surface area (Å²) in [5.41, 5.74) is 5.45. The zero-order valence-corrected chi connectivity index (χ0v) is 18.8. The number of ether oxygens (including phenoxy) is 2. The molecule has 0 aromatic heterocycles. The number of aliphatic carboxylic acids is 1. The third kappa shape index (κ3) is 5.63. The highest BCUT2D eigenvalue weighted by atomic mass is 16.5. The molecule has 2 aromatic rings. The van der Waals surface area contributed by atoms with Crippen LogP contribution >= 0.6 is 0 Å². The fourth-order valence-corrected chi connectivity index (χ4v) is 4.37. The lowest BCUT2D eigenvalue weighted by atomic mass is 9.98. The number of carbonyl (C=O) groups excluding carboxylic acids is 2. The van der Waals surface area contributed by atoms with Gasteiger partial charge in [0.25, 0.3) is 0 Å². The SMILES string of the molecule is O=C(O)CCC(NC(=O)OCC1c2ccccc2-c2ccccc21)C(=O)NCC1=CCOCC1. The monoisotopic (exact) mass is 464 g/mol. The van der Waals surface area contributed by atoms with E-state index in [0.717, 1.165) is 34.2 Å². The fraction of sp³-hybridized carbons (Fsp3) is 0.346. The highest BCUT2D eigenvalue weighted by Crippen LogP contribution is 2.44. The molecule has 0 saturated heterocycles. The van der Waals surface area contributed by atoms with Gasteiger partial charge in [0.05, 0.1) is 13.2 Å². The highest BCUT2D eigenvalue weighted by molar-refractivity contribution is 5.86. The third-order valence-electron chi connectivity index (χ3n) is 6.15. The number of alkyl carbamates (subject to hydrolysis) is 1. The van der Waals surface area contributed by atoms with E-state index in [1.807, 2.05) is 54.6 Å². The van der Waals surface area contributed by atoms with Crippen LogP contribution in [0.1, 0.15) is 36.3 Å². The van der Waals surface area contributed by atoms with Crippen molar-refractivity contribution in [3.8, 4) is 11.1 Å². The summed E-state index contributed by atoms with van der Waals surface area (Å²) >= 11 is 0. The molecule has 2 amide bonds. The molecule has 2 aromatic carbocycles. The Hall–Kier alpha value is -3.65. The molecule has 1 aliphatic heterocycles. The molecule has 8 nitrogen and oxygen atoms in total. The van der Waals surface area contributed by atoms with Gasteiger partial charge >= 0.3 is 12.1 Å². The summed E-state index contributed by atoms with van der Waals surface area (Å²) in [6.07, 6.45) is 1.60. The smallest absolute Gasteiger partial charge is 0.407 e. The van der Waals surface area contributed by atoms with Crippen LogP contribution in [0.15, 0.2) is 60.2 Å². The first-order valence-electron chi connectivity index (χ1n) is 11.4. The zero-order chi connectivity index (χ0) is 23.9. The predicted molar refractivity (Wildman–Crippen MR) is 125 cm³/mol. The highest BCUT2D eigenvalue weighted by Gasteiger charge is 2.30. The van der Waals surface area contributed by atoms with E-state index >= 15 is 0 Å². The topological polar surface area (TPSA) is 114 Å². The molecule has 0 bridgehead atoms. The summed E-state index contributed by atoms with van der Waals surface area (Å²) in [5, 5.41) is 14.4. The Balaban J connectivity index is 1.37. The number of nitrogens with one attached hydrogen (secondary N) is 2. The first-order chi connectivity index (χ1) is 16.5. The van der Waals surface area contributed by atoms with E-state index in [1.54, 1.807) is 0 Å². The van der Waals surface area contributed by atoms with Gasteiger partial charge in [-0.25, -0.2) is 4.79 Å². The normalized spacial score (nSPS) is 15.5. The largest absolute Gasteiger partial charge is 0.481 e. The lowest BCUT2D eigenvalue weighted by molar-refractivity contribution is -0.137. The Morgan fingerprint density at radius 2 is 1.74 bits per heavy atom. The fourth-order valence-electron chi connectivity index (χ4n) is 4.37. The van der Waals surface area contributed by atoms with Crippen LogP contribution in [0, 0.1) is 0 Å². The molecular weight excluding hydrogens is 436 g/mol. The van der Waals surface area contributed by atoms with Crippen LogP contribution in [0.3, 0.4) is 0 Å². The maximum Gasteiger partial charge on any atom is 0.407 e. The van der Waals surface area contributed by atoms with Crippen LogP contribution in [-0.2, 0) is 19.1 Å². The minimum atomic E-state index is -1.04. The second kappa shape index (κ2) is 11.0. The maximum absolute atomic E-state index is 12.7. The van der Waals surface area contributed by atoms with E-state index in [-0.39, 0.29) is 25.4 Å². The summed E-state index contributed by atoms with van der Waals surface area (Å²) in [6, 6.07) is 15.0. The van der Waals surface area contributed by atoms with Gasteiger partial charge in [0, 0.05) is 18.9 Å². The maximum atomic E-state index is 12.7. The summed E-state index contributed by atoms with van der Waals surface area (Å²) in [7, 11) is 0. The van der Waals surface area contributed by atoms with Gasteiger partial charge in [-0.3, -0.25) is 9.59 Å². The van der Waals surface area contributed by atoms with Crippen LogP contribution in [0.4, 0.5) is 4.79 Å². The number of carboxylic acid groups (broad SMARTS) is 1. The number of hydrogen-bond acceptors (Lipinski definition) is 5. The molecule has 8 heteroatoms. The van der Waals surface area contributed by atoms with Gasteiger partial charge in [0.1, 0.15) is 12.6 Å². The molecule has 2 aliphatic rings. The van der Waals surface area contributed by atoms with E-state index < -0.39 is 24.0 Å². The molecule has 0 fully saturated rings. The van der Waals surface area contributed by atoms with Gasteiger partial charge in [-0.05, 0) is 35.1 Å². The number of hydrogen-bond donors (Lipinski definition) is 3. The van der Waals surface area contributed by atoms with Crippen LogP contribution in [0.2, 0.25) is 0 Å². The van der Waals surface area contributed by atoms with Crippen molar-refractivity contribution < 1.29 is 29.0 Å². The Bertz CT molecular complexity index is 1050. The van der Waals surface area contributed by atoms with E-state index in [0.29, 0.717) is 19.8 Å². The second-order valence-corrected chi connectivity index (χ2v) is 8.36. The van der Waals surface area contributed by atoms with Crippen molar-refractivity contribution in [3.05, 3.63) is 71.3 Å². The van der Waals surface area contributed by atoms with E-state index in [1.165, 1.54) is 0 Å². The molecule has 0 saturated carbocycles. The lowest BCUT2D eigenvalue weighted by Gasteiger charge is -2.20. The first-order valence-corrected chi connectivity index (χ1v) is 11.4. The van der Waals surface area contributed by atoms with Gasteiger partial charge < -0.3 is 25.2 Å². The van der Waals surface area contributed by atoms with Crippen molar-refractivity contribution in [2.45, 2.75) is 31.2 Å². The van der Waals surface area contributed by atoms with Gasteiger partial charge in [0.15, 0.2) is 0 Å². The van der Waals surface area contributed by atoms with Gasteiger partial charge in [-0.1, -0.05) is 60.2 Å². The molecule has 1 heterocycles. The van der Waals surface area contributed by atoms with Crippen molar-refractivity contribution in [2.75, 3.05) is 26.4 Å². The van der Waals surface area contributed by atoms with E-state index in [9.17, 15) is 14.4 Å². The van der Waals surface area contributed by atoms with Crippen molar-refractivity contribution in [2.24, 2.45) is 0 Å². The van der Waals surface area contributed by atoms with E-state index in [4.69, 9.17) is 14.6 Å². The summed E-state index contributed by atoms with van der Waals surface area (Å²) in [4.78, 5) is 36.3. The average molecular weight is 465 g/mol. The summed E-state index contributed by atoms with van der Waals surface area (Å²) in [6.45, 7) is 1.55. The van der Waals surface area contributed by atoms with Gasteiger partial charge in [0.2, 0.25) is 5.91 Å². The standard InChI is InChI=1S/C26H28N2O6/c29-24(30)10-9-23(25(31)27-15-17-11-13-33-14-12-17)28-26(32)34-16-22-20-7-3-1-5-18(20)19-6-2-4-8-21(19)22/h1-8,11,22-23H,9-10,12-16H2,(H,27,31)(H,28,32)(H,29,30). The van der Waals surface area contributed by atoms with Crippen LogP contribution in [-0.4, -0.2) is 55.5 Å². The Labute approximate surface area is 198 Å². The molecule has 178 valence electrons. The number of fused-ring (bicyclic) bond motifs is 3. The van der Waals surface area contributed by atoms with Crippen molar-refractivity contribution in [3.63, 3.8) is 0 Å². The number of benzene rings is 2. The van der Waals surface area contributed by atoms with Gasteiger partial charge in [-0.2, -0.15) is 0 Å². The second-order valence-electron chi connectivity index (χ2n) is 8.36. The van der Waals surface area contributed by atoms with E-state index in [2.05, 4.69) is 10.6 Å². The molecule has 3 N–H and O–H groups in total. The number of carboxylic acids is 1. The first kappa shape index (κ1) is 23.5. The Kier molecular flexibility index (Phi) is 7.59. The number of carbonyl (C=O) groups is 3. The molecule has 1 atom stereocenters. The molecule has 1 unspecified atom stereocenters. The average Bonchev–Trinajstić information content (AvgIpc) is 3.18.